The molecule has 3 aromatic rings. The van der Waals surface area contributed by atoms with Gasteiger partial charge in [-0.2, -0.15) is 0 Å². The van der Waals surface area contributed by atoms with E-state index < -0.39 is 17.2 Å². The third-order valence-electron chi connectivity index (χ3n) is 4.11. The smallest absolute Gasteiger partial charge is 0.341 e. The number of aromatic nitrogens is 1. The zero-order chi connectivity index (χ0) is 17.4. The van der Waals surface area contributed by atoms with E-state index in [0.717, 1.165) is 22.8 Å². The Morgan fingerprint density at radius 2 is 1.92 bits per heavy atom. The molecule has 2 aromatic carbocycles. The summed E-state index contributed by atoms with van der Waals surface area (Å²) in [7, 11) is 0. The van der Waals surface area contributed by atoms with Crippen LogP contribution in [0.4, 0.5) is 4.39 Å². The van der Waals surface area contributed by atoms with E-state index in [9.17, 15) is 19.1 Å². The van der Waals surface area contributed by atoms with Crippen LogP contribution in [0.1, 0.15) is 27.0 Å². The normalized spacial score (nSPS) is 11.0. The van der Waals surface area contributed by atoms with Crippen molar-refractivity contribution in [3.63, 3.8) is 0 Å². The first-order valence-corrected chi connectivity index (χ1v) is 7.49. The highest BCUT2D eigenvalue weighted by molar-refractivity contribution is 5.92. The van der Waals surface area contributed by atoms with E-state index in [1.54, 1.807) is 4.57 Å². The van der Waals surface area contributed by atoms with Gasteiger partial charge in [-0.15, -0.1) is 0 Å². The lowest BCUT2D eigenvalue weighted by atomic mass is 10.0. The number of aromatic carboxylic acids is 1. The molecule has 0 aliphatic heterocycles. The van der Waals surface area contributed by atoms with Crippen LogP contribution in [-0.2, 0) is 6.54 Å². The molecule has 0 amide bonds. The van der Waals surface area contributed by atoms with Crippen LogP contribution in [0.3, 0.4) is 0 Å². The Labute approximate surface area is 137 Å². The predicted molar refractivity (Wildman–Crippen MR) is 90.1 cm³/mol. The lowest BCUT2D eigenvalue weighted by Crippen LogP contribution is -2.19. The van der Waals surface area contributed by atoms with Crippen LogP contribution in [0.25, 0.3) is 10.9 Å². The van der Waals surface area contributed by atoms with Gasteiger partial charge in [0, 0.05) is 18.1 Å². The van der Waals surface area contributed by atoms with Crippen LogP contribution in [-0.4, -0.2) is 15.6 Å². The first kappa shape index (κ1) is 15.9. The van der Waals surface area contributed by atoms with Crippen molar-refractivity contribution < 1.29 is 14.3 Å². The maximum absolute atomic E-state index is 13.5. The average molecular weight is 325 g/mol. The van der Waals surface area contributed by atoms with Crippen LogP contribution < -0.4 is 5.43 Å². The Balaban J connectivity index is 2.25. The van der Waals surface area contributed by atoms with Crippen LogP contribution in [0.5, 0.6) is 0 Å². The monoisotopic (exact) mass is 325 g/mol. The van der Waals surface area contributed by atoms with Crippen molar-refractivity contribution in [2.24, 2.45) is 0 Å². The number of rotatable bonds is 3. The minimum Gasteiger partial charge on any atom is -0.477 e. The summed E-state index contributed by atoms with van der Waals surface area (Å²) >= 11 is 0. The minimum atomic E-state index is -1.32. The second-order valence-electron chi connectivity index (χ2n) is 5.90. The fourth-order valence-electron chi connectivity index (χ4n) is 2.86. The van der Waals surface area contributed by atoms with E-state index in [1.165, 1.54) is 18.3 Å². The summed E-state index contributed by atoms with van der Waals surface area (Å²) in [5.41, 5.74) is 2.68. The third-order valence-corrected chi connectivity index (χ3v) is 4.11. The number of halogens is 1. The summed E-state index contributed by atoms with van der Waals surface area (Å²) in [6.45, 7) is 4.37. The molecular formula is C19H16FNO3. The summed E-state index contributed by atoms with van der Waals surface area (Å²) in [6, 6.07) is 9.84. The topological polar surface area (TPSA) is 59.3 Å². The van der Waals surface area contributed by atoms with Crippen LogP contribution in [0.15, 0.2) is 47.4 Å². The fourth-order valence-corrected chi connectivity index (χ4v) is 2.86. The van der Waals surface area contributed by atoms with Crippen LogP contribution in [0.2, 0.25) is 0 Å². The second-order valence-corrected chi connectivity index (χ2v) is 5.90. The molecule has 0 unspecified atom stereocenters. The van der Waals surface area contributed by atoms with Crippen molar-refractivity contribution in [2.75, 3.05) is 0 Å². The number of hydrogen-bond donors (Lipinski definition) is 1. The molecule has 0 aliphatic rings. The van der Waals surface area contributed by atoms with Gasteiger partial charge in [-0.3, -0.25) is 4.79 Å². The molecule has 0 radical (unpaired) electrons. The first-order chi connectivity index (χ1) is 11.4. The number of carboxylic acid groups (broad SMARTS) is 1. The van der Waals surface area contributed by atoms with Crippen molar-refractivity contribution in [3.8, 4) is 0 Å². The van der Waals surface area contributed by atoms with E-state index in [1.807, 2.05) is 32.0 Å². The number of benzene rings is 2. The molecule has 3 rings (SSSR count). The molecule has 1 N–H and O–H groups in total. The van der Waals surface area contributed by atoms with Gasteiger partial charge in [-0.05, 0) is 43.2 Å². The lowest BCUT2D eigenvalue weighted by molar-refractivity contribution is 0.0695. The Bertz CT molecular complexity index is 1020. The number of fused-ring (bicyclic) bond motifs is 1. The largest absolute Gasteiger partial charge is 0.477 e. The van der Waals surface area contributed by atoms with Gasteiger partial charge in [0.05, 0.1) is 5.52 Å². The molecule has 24 heavy (non-hydrogen) atoms. The molecule has 4 nitrogen and oxygen atoms in total. The molecule has 0 aliphatic carbocycles. The van der Waals surface area contributed by atoms with Gasteiger partial charge in [-0.25, -0.2) is 9.18 Å². The SMILES string of the molecule is Cc1ccc(Cn2cc(C(=O)O)c(=O)c3cc(F)ccc32)c(C)c1. The molecule has 0 spiro atoms. The molecule has 1 heterocycles. The molecule has 1 aromatic heterocycles. The zero-order valence-electron chi connectivity index (χ0n) is 13.3. The summed E-state index contributed by atoms with van der Waals surface area (Å²) in [4.78, 5) is 23.6. The van der Waals surface area contributed by atoms with Gasteiger partial charge in [0.2, 0.25) is 5.43 Å². The second kappa shape index (κ2) is 5.92. The highest BCUT2D eigenvalue weighted by atomic mass is 19.1. The van der Waals surface area contributed by atoms with Gasteiger partial charge >= 0.3 is 5.97 Å². The summed E-state index contributed by atoms with van der Waals surface area (Å²) in [5.74, 6) is -1.89. The van der Waals surface area contributed by atoms with Crippen molar-refractivity contribution in [3.05, 3.63) is 80.9 Å². The summed E-state index contributed by atoms with van der Waals surface area (Å²) in [6.07, 6.45) is 1.32. The first-order valence-electron chi connectivity index (χ1n) is 7.49. The highest BCUT2D eigenvalue weighted by Crippen LogP contribution is 2.18. The zero-order valence-corrected chi connectivity index (χ0v) is 13.3. The Hall–Kier alpha value is -2.95. The molecule has 0 fully saturated rings. The standard InChI is InChI=1S/C19H16FNO3/c1-11-3-4-13(12(2)7-11)9-21-10-16(19(23)24)18(22)15-8-14(20)5-6-17(15)21/h3-8,10H,9H2,1-2H3,(H,23,24). The summed E-state index contributed by atoms with van der Waals surface area (Å²) in [5, 5.41) is 9.34. The molecule has 122 valence electrons. The van der Waals surface area contributed by atoms with Crippen molar-refractivity contribution in [1.29, 1.82) is 0 Å². The van der Waals surface area contributed by atoms with E-state index >= 15 is 0 Å². The Kier molecular flexibility index (Phi) is 3.93. The Morgan fingerprint density at radius 1 is 1.17 bits per heavy atom. The average Bonchev–Trinajstić information content (AvgIpc) is 2.52. The van der Waals surface area contributed by atoms with Gasteiger partial charge in [-0.1, -0.05) is 23.8 Å². The van der Waals surface area contributed by atoms with E-state index in [4.69, 9.17) is 0 Å². The number of carbonyl (C=O) groups is 1. The lowest BCUT2D eigenvalue weighted by Gasteiger charge is -2.14. The maximum Gasteiger partial charge on any atom is 0.341 e. The Morgan fingerprint density at radius 3 is 2.58 bits per heavy atom. The summed E-state index contributed by atoms with van der Waals surface area (Å²) < 4.78 is 15.2. The molecular weight excluding hydrogens is 309 g/mol. The van der Waals surface area contributed by atoms with Crippen molar-refractivity contribution >= 4 is 16.9 Å². The van der Waals surface area contributed by atoms with Gasteiger partial charge < -0.3 is 9.67 Å². The molecule has 5 heteroatoms. The number of carboxylic acids is 1. The van der Waals surface area contributed by atoms with Crippen LogP contribution in [0, 0.1) is 19.7 Å². The fraction of sp³-hybridized carbons (Fsp3) is 0.158. The van der Waals surface area contributed by atoms with E-state index in [0.29, 0.717) is 12.1 Å². The number of aryl methyl sites for hydroxylation is 2. The maximum atomic E-state index is 13.5. The molecule has 0 saturated carbocycles. The van der Waals surface area contributed by atoms with Gasteiger partial charge in [0.25, 0.3) is 0 Å². The van der Waals surface area contributed by atoms with Gasteiger partial charge in [0.15, 0.2) is 0 Å². The van der Waals surface area contributed by atoms with Crippen LogP contribution >= 0.6 is 0 Å². The quantitative estimate of drug-likeness (QED) is 0.802. The molecule has 0 bridgehead atoms. The van der Waals surface area contributed by atoms with Gasteiger partial charge in [0.1, 0.15) is 11.4 Å². The van der Waals surface area contributed by atoms with E-state index in [2.05, 4.69) is 0 Å². The molecule has 0 saturated heterocycles. The van der Waals surface area contributed by atoms with E-state index in [-0.39, 0.29) is 10.9 Å². The number of pyridine rings is 1. The number of nitrogens with zero attached hydrogens (tertiary/aromatic N) is 1. The third kappa shape index (κ3) is 2.80. The number of hydrogen-bond acceptors (Lipinski definition) is 2. The predicted octanol–water partition coefficient (Wildman–Crippen LogP) is 3.50. The minimum absolute atomic E-state index is 0.0691. The van der Waals surface area contributed by atoms with Crippen molar-refractivity contribution in [2.45, 2.75) is 20.4 Å². The molecule has 0 atom stereocenters. The van der Waals surface area contributed by atoms with Crippen molar-refractivity contribution in [1.82, 2.24) is 4.57 Å². The highest BCUT2D eigenvalue weighted by Gasteiger charge is 2.15.